The Morgan fingerprint density at radius 1 is 1.24 bits per heavy atom. The maximum atomic E-state index is 12.1. The highest BCUT2D eigenvalue weighted by atomic mass is 16.2. The Kier molecular flexibility index (Phi) is 6.52. The Morgan fingerprint density at radius 3 is 2.47 bits per heavy atom. The molecule has 1 aliphatic heterocycles. The average molecular weight is 241 g/mol. The minimum Gasteiger partial charge on any atom is -0.343 e. The molecule has 1 rings (SSSR count). The van der Waals surface area contributed by atoms with Gasteiger partial charge >= 0.3 is 0 Å². The van der Waals surface area contributed by atoms with Gasteiger partial charge in [0.2, 0.25) is 5.91 Å². The number of carbonyl (C=O) groups excluding carboxylic acids is 1. The van der Waals surface area contributed by atoms with Gasteiger partial charge in [0.25, 0.3) is 0 Å². The minimum absolute atomic E-state index is 0.0606. The molecule has 0 radical (unpaired) electrons. The van der Waals surface area contributed by atoms with Gasteiger partial charge in [-0.05, 0) is 32.5 Å². The summed E-state index contributed by atoms with van der Waals surface area (Å²) < 4.78 is 0. The minimum atomic E-state index is 0.0606. The molecule has 17 heavy (non-hydrogen) atoms. The summed E-state index contributed by atoms with van der Waals surface area (Å²) in [5.41, 5.74) is 0. The second kappa shape index (κ2) is 7.67. The number of rotatable bonds is 6. The van der Waals surface area contributed by atoms with Crippen molar-refractivity contribution in [1.29, 1.82) is 0 Å². The van der Waals surface area contributed by atoms with Crippen molar-refractivity contribution in [2.45, 2.75) is 39.2 Å². The number of amides is 1. The lowest BCUT2D eigenvalue weighted by Gasteiger charge is -2.29. The summed E-state index contributed by atoms with van der Waals surface area (Å²) in [7, 11) is 1.92. The largest absolute Gasteiger partial charge is 0.343 e. The van der Waals surface area contributed by atoms with Crippen LogP contribution in [0.5, 0.6) is 0 Å². The molecular weight excluding hydrogens is 214 g/mol. The molecule has 0 aromatic heterocycles. The van der Waals surface area contributed by atoms with Crippen molar-refractivity contribution in [3.8, 4) is 0 Å². The predicted octanol–water partition coefficient (Wildman–Crippen LogP) is 0.929. The molecule has 1 amide bonds. The van der Waals surface area contributed by atoms with Crippen LogP contribution in [-0.2, 0) is 4.79 Å². The number of nitrogens with zero attached hydrogens (tertiary/aromatic N) is 2. The summed E-state index contributed by atoms with van der Waals surface area (Å²) in [4.78, 5) is 16.4. The zero-order valence-corrected chi connectivity index (χ0v) is 11.5. The van der Waals surface area contributed by atoms with E-state index in [2.05, 4.69) is 24.1 Å². The Hall–Kier alpha value is -0.610. The van der Waals surface area contributed by atoms with Gasteiger partial charge in [-0.25, -0.2) is 0 Å². The normalized spacial score (nSPS) is 20.6. The standard InChI is InChI=1S/C13H27N3O/c1-4-16(5-2)11-10-15(3)13(17)12-8-6-7-9-14-12/h12,14H,4-11H2,1-3H3. The molecule has 1 unspecified atom stereocenters. The van der Waals surface area contributed by atoms with Crippen molar-refractivity contribution in [1.82, 2.24) is 15.1 Å². The lowest BCUT2D eigenvalue weighted by molar-refractivity contribution is -0.132. The van der Waals surface area contributed by atoms with Gasteiger partial charge in [0.1, 0.15) is 0 Å². The van der Waals surface area contributed by atoms with Gasteiger partial charge in [-0.1, -0.05) is 20.3 Å². The van der Waals surface area contributed by atoms with E-state index in [1.807, 2.05) is 11.9 Å². The van der Waals surface area contributed by atoms with Crippen LogP contribution >= 0.6 is 0 Å². The molecule has 0 saturated carbocycles. The zero-order chi connectivity index (χ0) is 12.7. The van der Waals surface area contributed by atoms with E-state index in [0.29, 0.717) is 0 Å². The zero-order valence-electron chi connectivity index (χ0n) is 11.5. The summed E-state index contributed by atoms with van der Waals surface area (Å²) in [5.74, 6) is 0.261. The third-order valence-electron chi connectivity index (χ3n) is 3.63. The van der Waals surface area contributed by atoms with Crippen LogP contribution in [0, 0.1) is 0 Å². The number of nitrogens with one attached hydrogen (secondary N) is 1. The highest BCUT2D eigenvalue weighted by Gasteiger charge is 2.23. The van der Waals surface area contributed by atoms with Crippen LogP contribution in [0.2, 0.25) is 0 Å². The van der Waals surface area contributed by atoms with E-state index < -0.39 is 0 Å². The van der Waals surface area contributed by atoms with E-state index in [4.69, 9.17) is 0 Å². The third-order valence-corrected chi connectivity index (χ3v) is 3.63. The quantitative estimate of drug-likeness (QED) is 0.751. The average Bonchev–Trinajstić information content (AvgIpc) is 2.39. The fourth-order valence-corrected chi connectivity index (χ4v) is 2.27. The number of hydrogen-bond acceptors (Lipinski definition) is 3. The number of hydrogen-bond donors (Lipinski definition) is 1. The summed E-state index contributed by atoms with van der Waals surface area (Å²) >= 11 is 0. The lowest BCUT2D eigenvalue weighted by atomic mass is 10.0. The fourth-order valence-electron chi connectivity index (χ4n) is 2.27. The summed E-state index contributed by atoms with van der Waals surface area (Å²) in [6.45, 7) is 9.23. The van der Waals surface area contributed by atoms with E-state index >= 15 is 0 Å². The molecule has 0 aliphatic carbocycles. The molecule has 1 aliphatic rings. The Balaban J connectivity index is 2.30. The molecule has 0 spiro atoms. The first-order chi connectivity index (χ1) is 8.19. The van der Waals surface area contributed by atoms with Crippen LogP contribution in [0.15, 0.2) is 0 Å². The molecule has 1 atom stereocenters. The van der Waals surface area contributed by atoms with E-state index in [-0.39, 0.29) is 11.9 Å². The lowest BCUT2D eigenvalue weighted by Crippen LogP contribution is -2.48. The second-order valence-electron chi connectivity index (χ2n) is 4.79. The highest BCUT2D eigenvalue weighted by Crippen LogP contribution is 2.09. The van der Waals surface area contributed by atoms with Gasteiger partial charge in [0.05, 0.1) is 6.04 Å². The van der Waals surface area contributed by atoms with E-state index in [1.165, 1.54) is 12.8 Å². The third kappa shape index (κ3) is 4.64. The Bertz CT molecular complexity index is 223. The first kappa shape index (κ1) is 14.5. The molecular formula is C13H27N3O. The smallest absolute Gasteiger partial charge is 0.239 e. The number of piperidine rings is 1. The van der Waals surface area contributed by atoms with Crippen molar-refractivity contribution >= 4 is 5.91 Å². The van der Waals surface area contributed by atoms with Crippen molar-refractivity contribution in [3.05, 3.63) is 0 Å². The highest BCUT2D eigenvalue weighted by molar-refractivity contribution is 5.81. The van der Waals surface area contributed by atoms with Gasteiger partial charge in [-0.15, -0.1) is 0 Å². The molecule has 4 heteroatoms. The van der Waals surface area contributed by atoms with Gasteiger partial charge in [0, 0.05) is 20.1 Å². The van der Waals surface area contributed by atoms with Crippen LogP contribution in [0.25, 0.3) is 0 Å². The monoisotopic (exact) mass is 241 g/mol. The van der Waals surface area contributed by atoms with E-state index in [0.717, 1.165) is 39.1 Å². The van der Waals surface area contributed by atoms with Crippen LogP contribution in [0.3, 0.4) is 0 Å². The van der Waals surface area contributed by atoms with Gasteiger partial charge in [-0.2, -0.15) is 0 Å². The van der Waals surface area contributed by atoms with E-state index in [1.54, 1.807) is 0 Å². The number of likely N-dealkylation sites (N-methyl/N-ethyl adjacent to an activating group) is 2. The van der Waals surface area contributed by atoms with E-state index in [9.17, 15) is 4.79 Å². The van der Waals surface area contributed by atoms with Gasteiger partial charge < -0.3 is 15.1 Å². The Labute approximate surface area is 105 Å². The van der Waals surface area contributed by atoms with Crippen LogP contribution < -0.4 is 5.32 Å². The summed E-state index contributed by atoms with van der Waals surface area (Å²) in [6, 6.07) is 0.0606. The topological polar surface area (TPSA) is 35.6 Å². The van der Waals surface area contributed by atoms with Crippen LogP contribution in [-0.4, -0.2) is 61.5 Å². The summed E-state index contributed by atoms with van der Waals surface area (Å²) in [5, 5.41) is 3.31. The van der Waals surface area contributed by atoms with Crippen LogP contribution in [0.4, 0.5) is 0 Å². The fraction of sp³-hybridized carbons (Fsp3) is 0.923. The molecule has 1 heterocycles. The summed E-state index contributed by atoms with van der Waals surface area (Å²) in [6.07, 6.45) is 3.37. The van der Waals surface area contributed by atoms with Crippen molar-refractivity contribution in [3.63, 3.8) is 0 Å². The second-order valence-corrected chi connectivity index (χ2v) is 4.79. The maximum Gasteiger partial charge on any atom is 0.239 e. The molecule has 0 aromatic carbocycles. The van der Waals surface area contributed by atoms with Crippen molar-refractivity contribution in [2.24, 2.45) is 0 Å². The first-order valence-corrected chi connectivity index (χ1v) is 6.89. The van der Waals surface area contributed by atoms with Crippen molar-refractivity contribution < 1.29 is 4.79 Å². The molecule has 0 aromatic rings. The molecule has 1 fully saturated rings. The Morgan fingerprint density at radius 2 is 1.94 bits per heavy atom. The first-order valence-electron chi connectivity index (χ1n) is 6.89. The van der Waals surface area contributed by atoms with Crippen molar-refractivity contribution in [2.75, 3.05) is 39.8 Å². The van der Waals surface area contributed by atoms with Gasteiger partial charge in [0.15, 0.2) is 0 Å². The van der Waals surface area contributed by atoms with Crippen LogP contribution in [0.1, 0.15) is 33.1 Å². The molecule has 1 saturated heterocycles. The predicted molar refractivity (Wildman–Crippen MR) is 71.1 cm³/mol. The molecule has 1 N–H and O–H groups in total. The molecule has 100 valence electrons. The number of carbonyl (C=O) groups is 1. The van der Waals surface area contributed by atoms with Gasteiger partial charge in [-0.3, -0.25) is 4.79 Å². The molecule has 0 bridgehead atoms. The SMILES string of the molecule is CCN(CC)CCN(C)C(=O)C1CCCCN1. The maximum absolute atomic E-state index is 12.1. The molecule has 4 nitrogen and oxygen atoms in total.